The average molecular weight is 250 g/mol. The normalized spacial score (nSPS) is 10.5. The molecule has 17 heavy (non-hydrogen) atoms. The standard InChI is InChI=1S/C10H22N2O5/c1-15-4-3-12-10(14)8-17-7-6-16-5-2-11-9-13/h11,13H,2-9H2,1H3,(H,12,14). The molecular formula is C10H22N2O5. The van der Waals surface area contributed by atoms with Gasteiger partial charge in [-0.2, -0.15) is 0 Å². The summed E-state index contributed by atoms with van der Waals surface area (Å²) in [6, 6.07) is 0. The maximum atomic E-state index is 11.1. The Hall–Kier alpha value is -0.730. The number of ether oxygens (including phenoxy) is 3. The van der Waals surface area contributed by atoms with Crippen molar-refractivity contribution < 1.29 is 24.1 Å². The molecule has 0 aliphatic carbocycles. The first-order chi connectivity index (χ1) is 8.31. The molecular weight excluding hydrogens is 228 g/mol. The average Bonchev–Trinajstić information content (AvgIpc) is 2.33. The highest BCUT2D eigenvalue weighted by Crippen LogP contribution is 1.79. The van der Waals surface area contributed by atoms with E-state index in [0.29, 0.717) is 39.5 Å². The van der Waals surface area contributed by atoms with Gasteiger partial charge < -0.3 is 24.6 Å². The molecule has 1 amide bonds. The Bertz CT molecular complexity index is 180. The van der Waals surface area contributed by atoms with Crippen molar-refractivity contribution in [1.29, 1.82) is 0 Å². The summed E-state index contributed by atoms with van der Waals surface area (Å²) < 4.78 is 15.0. The van der Waals surface area contributed by atoms with Gasteiger partial charge >= 0.3 is 0 Å². The first-order valence-corrected chi connectivity index (χ1v) is 5.54. The fourth-order valence-corrected chi connectivity index (χ4v) is 0.952. The van der Waals surface area contributed by atoms with Gasteiger partial charge in [-0.05, 0) is 0 Å². The molecule has 102 valence electrons. The van der Waals surface area contributed by atoms with Crippen LogP contribution in [0.1, 0.15) is 0 Å². The molecule has 0 unspecified atom stereocenters. The molecule has 7 heteroatoms. The van der Waals surface area contributed by atoms with Crippen LogP contribution in [0.2, 0.25) is 0 Å². The quantitative estimate of drug-likeness (QED) is 0.283. The summed E-state index contributed by atoms with van der Waals surface area (Å²) in [4.78, 5) is 11.1. The Morgan fingerprint density at radius 1 is 1.12 bits per heavy atom. The summed E-state index contributed by atoms with van der Waals surface area (Å²) >= 11 is 0. The van der Waals surface area contributed by atoms with E-state index in [-0.39, 0.29) is 19.2 Å². The topological polar surface area (TPSA) is 89.1 Å². The van der Waals surface area contributed by atoms with E-state index in [4.69, 9.17) is 19.3 Å². The third-order valence-corrected chi connectivity index (χ3v) is 1.77. The smallest absolute Gasteiger partial charge is 0.246 e. The maximum Gasteiger partial charge on any atom is 0.246 e. The zero-order valence-corrected chi connectivity index (χ0v) is 10.2. The largest absolute Gasteiger partial charge is 0.383 e. The molecule has 0 saturated heterocycles. The lowest BCUT2D eigenvalue weighted by molar-refractivity contribution is -0.126. The predicted molar refractivity (Wildman–Crippen MR) is 61.6 cm³/mol. The van der Waals surface area contributed by atoms with Crippen molar-refractivity contribution >= 4 is 5.91 Å². The monoisotopic (exact) mass is 250 g/mol. The van der Waals surface area contributed by atoms with Crippen LogP contribution in [0, 0.1) is 0 Å². The van der Waals surface area contributed by atoms with Crippen LogP contribution in [0.25, 0.3) is 0 Å². The Labute approximate surface area is 101 Å². The molecule has 3 N–H and O–H groups in total. The van der Waals surface area contributed by atoms with Crippen molar-refractivity contribution in [1.82, 2.24) is 10.6 Å². The van der Waals surface area contributed by atoms with Crippen LogP contribution >= 0.6 is 0 Å². The van der Waals surface area contributed by atoms with E-state index in [1.165, 1.54) is 0 Å². The van der Waals surface area contributed by atoms with Crippen molar-refractivity contribution in [3.8, 4) is 0 Å². The van der Waals surface area contributed by atoms with Gasteiger partial charge in [0.1, 0.15) is 6.61 Å². The number of aliphatic hydroxyl groups is 1. The summed E-state index contributed by atoms with van der Waals surface area (Å²) in [5.41, 5.74) is 0. The van der Waals surface area contributed by atoms with Gasteiger partial charge in [0.15, 0.2) is 0 Å². The van der Waals surface area contributed by atoms with Gasteiger partial charge in [-0.3, -0.25) is 10.1 Å². The lowest BCUT2D eigenvalue weighted by Crippen LogP contribution is -2.31. The van der Waals surface area contributed by atoms with E-state index >= 15 is 0 Å². The molecule has 0 fully saturated rings. The summed E-state index contributed by atoms with van der Waals surface area (Å²) in [5, 5.41) is 13.7. The van der Waals surface area contributed by atoms with E-state index in [2.05, 4.69) is 10.6 Å². The van der Waals surface area contributed by atoms with E-state index in [9.17, 15) is 4.79 Å². The number of nitrogens with one attached hydrogen (secondary N) is 2. The van der Waals surface area contributed by atoms with Crippen LogP contribution < -0.4 is 10.6 Å². The molecule has 0 aromatic carbocycles. The number of carbonyl (C=O) groups is 1. The zero-order valence-electron chi connectivity index (χ0n) is 10.2. The summed E-state index contributed by atoms with van der Waals surface area (Å²) in [6.45, 7) is 2.85. The predicted octanol–water partition coefficient (Wildman–Crippen LogP) is -1.68. The number of rotatable bonds is 12. The molecule has 0 bridgehead atoms. The molecule has 0 rings (SSSR count). The number of carbonyl (C=O) groups excluding carboxylic acids is 1. The van der Waals surface area contributed by atoms with Gasteiger partial charge in [0.05, 0.1) is 33.2 Å². The van der Waals surface area contributed by atoms with Crippen molar-refractivity contribution in [2.45, 2.75) is 0 Å². The van der Waals surface area contributed by atoms with Crippen LogP contribution in [0.4, 0.5) is 0 Å². The molecule has 0 aromatic rings. The second-order valence-corrected chi connectivity index (χ2v) is 3.17. The molecule has 0 spiro atoms. The molecule has 0 heterocycles. The van der Waals surface area contributed by atoms with E-state index < -0.39 is 0 Å². The number of methoxy groups -OCH3 is 1. The highest BCUT2D eigenvalue weighted by molar-refractivity contribution is 5.77. The van der Waals surface area contributed by atoms with E-state index in [0.717, 1.165) is 0 Å². The second-order valence-electron chi connectivity index (χ2n) is 3.17. The van der Waals surface area contributed by atoms with Gasteiger partial charge in [0.2, 0.25) is 5.91 Å². The lowest BCUT2D eigenvalue weighted by Gasteiger charge is -2.06. The SMILES string of the molecule is COCCNC(=O)COCCOCCNCO. The summed E-state index contributed by atoms with van der Waals surface area (Å²) in [6.07, 6.45) is 0. The van der Waals surface area contributed by atoms with Crippen LogP contribution in [0.5, 0.6) is 0 Å². The highest BCUT2D eigenvalue weighted by Gasteiger charge is 1.99. The Balaban J connectivity index is 3.08. The van der Waals surface area contributed by atoms with Gasteiger partial charge in [-0.15, -0.1) is 0 Å². The fourth-order valence-electron chi connectivity index (χ4n) is 0.952. The van der Waals surface area contributed by atoms with Crippen LogP contribution in [-0.2, 0) is 19.0 Å². The number of amides is 1. The van der Waals surface area contributed by atoms with Crippen molar-refractivity contribution in [2.24, 2.45) is 0 Å². The minimum absolute atomic E-state index is 0.0297. The molecule has 7 nitrogen and oxygen atoms in total. The minimum Gasteiger partial charge on any atom is -0.383 e. The third kappa shape index (κ3) is 13.2. The van der Waals surface area contributed by atoms with E-state index in [1.807, 2.05) is 0 Å². The van der Waals surface area contributed by atoms with Gasteiger partial charge in [-0.25, -0.2) is 0 Å². The number of hydrogen-bond donors (Lipinski definition) is 3. The van der Waals surface area contributed by atoms with Crippen molar-refractivity contribution in [3.05, 3.63) is 0 Å². The molecule has 0 radical (unpaired) electrons. The molecule has 0 saturated carbocycles. The summed E-state index contributed by atoms with van der Waals surface area (Å²) in [5.74, 6) is -0.163. The van der Waals surface area contributed by atoms with Crippen LogP contribution in [0.15, 0.2) is 0 Å². The fraction of sp³-hybridized carbons (Fsp3) is 0.900. The summed E-state index contributed by atoms with van der Waals surface area (Å²) in [7, 11) is 1.58. The lowest BCUT2D eigenvalue weighted by atomic mass is 10.6. The third-order valence-electron chi connectivity index (χ3n) is 1.77. The molecule has 0 atom stereocenters. The number of hydrogen-bond acceptors (Lipinski definition) is 6. The Kier molecular flexibility index (Phi) is 12.8. The van der Waals surface area contributed by atoms with Crippen molar-refractivity contribution in [3.63, 3.8) is 0 Å². The van der Waals surface area contributed by atoms with Gasteiger partial charge in [-0.1, -0.05) is 0 Å². The molecule has 0 aliphatic heterocycles. The number of aliphatic hydroxyl groups excluding tert-OH is 1. The first kappa shape index (κ1) is 16.3. The van der Waals surface area contributed by atoms with E-state index in [1.54, 1.807) is 7.11 Å². The second kappa shape index (κ2) is 13.3. The molecule has 0 aliphatic rings. The maximum absolute atomic E-state index is 11.1. The first-order valence-electron chi connectivity index (χ1n) is 5.54. The van der Waals surface area contributed by atoms with Crippen molar-refractivity contribution in [2.75, 3.05) is 60.0 Å². The molecule has 0 aromatic heterocycles. The zero-order chi connectivity index (χ0) is 12.8. The van der Waals surface area contributed by atoms with Crippen LogP contribution in [-0.4, -0.2) is 71.0 Å². The minimum atomic E-state index is -0.163. The van der Waals surface area contributed by atoms with Crippen LogP contribution in [0.3, 0.4) is 0 Å². The Morgan fingerprint density at radius 2 is 1.88 bits per heavy atom. The Morgan fingerprint density at radius 3 is 2.59 bits per heavy atom. The van der Waals surface area contributed by atoms with Gasteiger partial charge in [0.25, 0.3) is 0 Å². The highest BCUT2D eigenvalue weighted by atomic mass is 16.5. The van der Waals surface area contributed by atoms with Gasteiger partial charge in [0, 0.05) is 20.2 Å².